The molecule has 1 aromatic carbocycles. The minimum Gasteiger partial charge on any atom is -0.489 e. The molecule has 0 saturated carbocycles. The maximum Gasteiger partial charge on any atom is 0.141 e. The van der Waals surface area contributed by atoms with Gasteiger partial charge in [0.05, 0.1) is 6.20 Å². The molecule has 0 radical (unpaired) electrons. The van der Waals surface area contributed by atoms with E-state index >= 15 is 0 Å². The van der Waals surface area contributed by atoms with Crippen molar-refractivity contribution in [3.05, 3.63) is 58.1 Å². The fourth-order valence-corrected chi connectivity index (χ4v) is 2.18. The highest BCUT2D eigenvalue weighted by molar-refractivity contribution is 9.10. The summed E-state index contributed by atoms with van der Waals surface area (Å²) in [6.45, 7) is 4.53. The Morgan fingerprint density at radius 1 is 1.26 bits per heavy atom. The molecule has 0 spiro atoms. The van der Waals surface area contributed by atoms with E-state index in [0.29, 0.717) is 12.5 Å². The highest BCUT2D eigenvalue weighted by atomic mass is 79.9. The van der Waals surface area contributed by atoms with Crippen LogP contribution < -0.4 is 4.74 Å². The van der Waals surface area contributed by atoms with Crippen molar-refractivity contribution in [2.75, 3.05) is 0 Å². The lowest BCUT2D eigenvalue weighted by molar-refractivity contribution is 0.300. The van der Waals surface area contributed by atoms with Crippen LogP contribution in [0, 0.1) is 5.82 Å². The van der Waals surface area contributed by atoms with Gasteiger partial charge in [0.1, 0.15) is 18.2 Å². The van der Waals surface area contributed by atoms with Crippen LogP contribution in [-0.4, -0.2) is 4.98 Å². The monoisotopic (exact) mass is 323 g/mol. The topological polar surface area (TPSA) is 22.1 Å². The summed E-state index contributed by atoms with van der Waals surface area (Å²) in [6, 6.07) is 7.34. The third-order valence-electron chi connectivity index (χ3n) is 2.75. The van der Waals surface area contributed by atoms with Gasteiger partial charge in [-0.25, -0.2) is 4.39 Å². The van der Waals surface area contributed by atoms with Gasteiger partial charge in [-0.1, -0.05) is 29.8 Å². The standard InChI is InChI=1S/C15H15BrFNO/c1-10(2)14-6-12(16)3-4-15(14)19-9-11-5-13(17)8-18-7-11/h3-8,10H,9H2,1-2H3. The zero-order chi connectivity index (χ0) is 13.8. The minimum atomic E-state index is -0.346. The van der Waals surface area contributed by atoms with Crippen LogP contribution in [0.2, 0.25) is 0 Å². The summed E-state index contributed by atoms with van der Waals surface area (Å²) in [5.74, 6) is 0.835. The maximum atomic E-state index is 13.0. The van der Waals surface area contributed by atoms with Crippen LogP contribution in [0.5, 0.6) is 5.75 Å². The molecule has 2 nitrogen and oxygen atoms in total. The molecule has 0 atom stereocenters. The van der Waals surface area contributed by atoms with E-state index in [1.165, 1.54) is 12.3 Å². The summed E-state index contributed by atoms with van der Waals surface area (Å²) in [6.07, 6.45) is 2.79. The molecule has 19 heavy (non-hydrogen) atoms. The quantitative estimate of drug-likeness (QED) is 0.814. The van der Waals surface area contributed by atoms with Crippen molar-refractivity contribution in [2.24, 2.45) is 0 Å². The van der Waals surface area contributed by atoms with Gasteiger partial charge in [0.2, 0.25) is 0 Å². The number of hydrogen-bond acceptors (Lipinski definition) is 2. The summed E-state index contributed by atoms with van der Waals surface area (Å²) >= 11 is 3.46. The largest absolute Gasteiger partial charge is 0.489 e. The first-order chi connectivity index (χ1) is 9.06. The third kappa shape index (κ3) is 3.77. The lowest BCUT2D eigenvalue weighted by atomic mass is 10.0. The zero-order valence-electron chi connectivity index (χ0n) is 10.9. The Hall–Kier alpha value is -1.42. The van der Waals surface area contributed by atoms with Gasteiger partial charge < -0.3 is 4.74 Å². The highest BCUT2D eigenvalue weighted by Crippen LogP contribution is 2.30. The molecule has 0 aliphatic heterocycles. The lowest BCUT2D eigenvalue weighted by Crippen LogP contribution is -2.00. The smallest absolute Gasteiger partial charge is 0.141 e. The molecular formula is C15H15BrFNO. The maximum absolute atomic E-state index is 13.0. The molecule has 4 heteroatoms. The Morgan fingerprint density at radius 3 is 2.74 bits per heavy atom. The van der Waals surface area contributed by atoms with Crippen molar-refractivity contribution in [2.45, 2.75) is 26.4 Å². The van der Waals surface area contributed by atoms with Crippen LogP contribution in [0.15, 0.2) is 41.1 Å². The average Bonchev–Trinajstić information content (AvgIpc) is 2.37. The predicted molar refractivity (Wildman–Crippen MR) is 76.8 cm³/mol. The van der Waals surface area contributed by atoms with Gasteiger partial charge in [0.25, 0.3) is 0 Å². The predicted octanol–water partition coefficient (Wildman–Crippen LogP) is 4.69. The first kappa shape index (κ1) is 14.0. The van der Waals surface area contributed by atoms with Crippen LogP contribution in [0.3, 0.4) is 0 Å². The molecule has 0 N–H and O–H groups in total. The number of hydrogen-bond donors (Lipinski definition) is 0. The SMILES string of the molecule is CC(C)c1cc(Br)ccc1OCc1cncc(F)c1. The number of benzene rings is 1. The Morgan fingerprint density at radius 2 is 2.05 bits per heavy atom. The second kappa shape index (κ2) is 6.15. The Bertz CT molecular complexity index is 572. The molecule has 0 bridgehead atoms. The first-order valence-electron chi connectivity index (χ1n) is 6.08. The number of rotatable bonds is 4. The van der Waals surface area contributed by atoms with Crippen LogP contribution in [0.4, 0.5) is 4.39 Å². The van der Waals surface area contributed by atoms with Crippen molar-refractivity contribution in [1.29, 1.82) is 0 Å². The van der Waals surface area contributed by atoms with Gasteiger partial charge >= 0.3 is 0 Å². The van der Waals surface area contributed by atoms with Crippen molar-refractivity contribution in [1.82, 2.24) is 4.98 Å². The van der Waals surface area contributed by atoms with E-state index in [-0.39, 0.29) is 5.82 Å². The summed E-state index contributed by atoms with van der Waals surface area (Å²) in [5, 5.41) is 0. The van der Waals surface area contributed by atoms with Gasteiger partial charge in [0.15, 0.2) is 0 Å². The van der Waals surface area contributed by atoms with E-state index in [1.807, 2.05) is 18.2 Å². The molecular weight excluding hydrogens is 309 g/mol. The normalized spacial score (nSPS) is 10.8. The summed E-state index contributed by atoms with van der Waals surface area (Å²) in [4.78, 5) is 3.81. The van der Waals surface area contributed by atoms with E-state index in [2.05, 4.69) is 34.8 Å². The number of halogens is 2. The van der Waals surface area contributed by atoms with Gasteiger partial charge in [-0.05, 0) is 35.7 Å². The van der Waals surface area contributed by atoms with Crippen molar-refractivity contribution in [3.8, 4) is 5.75 Å². The molecule has 2 aromatic rings. The molecule has 0 aliphatic rings. The summed E-state index contributed by atoms with van der Waals surface area (Å²) < 4.78 is 19.8. The molecule has 0 aliphatic carbocycles. The number of aromatic nitrogens is 1. The van der Waals surface area contributed by atoms with E-state index in [1.54, 1.807) is 6.20 Å². The Kier molecular flexibility index (Phi) is 4.53. The second-order valence-electron chi connectivity index (χ2n) is 4.64. The molecule has 0 fully saturated rings. The first-order valence-corrected chi connectivity index (χ1v) is 6.87. The van der Waals surface area contributed by atoms with Crippen molar-refractivity contribution < 1.29 is 9.13 Å². The van der Waals surface area contributed by atoms with Crippen LogP contribution in [-0.2, 0) is 6.61 Å². The van der Waals surface area contributed by atoms with E-state index in [0.717, 1.165) is 21.3 Å². The molecule has 0 amide bonds. The third-order valence-corrected chi connectivity index (χ3v) is 3.24. The summed E-state index contributed by atoms with van der Waals surface area (Å²) in [5.41, 5.74) is 1.84. The van der Waals surface area contributed by atoms with Gasteiger partial charge in [-0.3, -0.25) is 4.98 Å². The molecule has 100 valence electrons. The van der Waals surface area contributed by atoms with Crippen LogP contribution in [0.1, 0.15) is 30.9 Å². The lowest BCUT2D eigenvalue weighted by Gasteiger charge is -2.14. The minimum absolute atomic E-state index is 0.312. The second-order valence-corrected chi connectivity index (χ2v) is 5.55. The number of pyridine rings is 1. The number of ether oxygens (including phenoxy) is 1. The average molecular weight is 324 g/mol. The van der Waals surface area contributed by atoms with E-state index in [9.17, 15) is 4.39 Å². The van der Waals surface area contributed by atoms with Crippen molar-refractivity contribution >= 4 is 15.9 Å². The van der Waals surface area contributed by atoms with Gasteiger partial charge in [-0.2, -0.15) is 0 Å². The van der Waals surface area contributed by atoms with Gasteiger partial charge in [0, 0.05) is 16.2 Å². The highest BCUT2D eigenvalue weighted by Gasteiger charge is 2.09. The van der Waals surface area contributed by atoms with E-state index < -0.39 is 0 Å². The van der Waals surface area contributed by atoms with Crippen LogP contribution >= 0.6 is 15.9 Å². The molecule has 2 rings (SSSR count). The van der Waals surface area contributed by atoms with Gasteiger partial charge in [-0.15, -0.1) is 0 Å². The Labute approximate surface area is 120 Å². The Balaban J connectivity index is 2.15. The zero-order valence-corrected chi connectivity index (χ0v) is 12.4. The fraction of sp³-hybridized carbons (Fsp3) is 0.267. The molecule has 1 heterocycles. The molecule has 1 aromatic heterocycles. The molecule has 0 saturated heterocycles. The fourth-order valence-electron chi connectivity index (χ4n) is 1.80. The van der Waals surface area contributed by atoms with E-state index in [4.69, 9.17) is 4.74 Å². The number of nitrogens with zero attached hydrogens (tertiary/aromatic N) is 1. The summed E-state index contributed by atoms with van der Waals surface area (Å²) in [7, 11) is 0. The van der Waals surface area contributed by atoms with Crippen molar-refractivity contribution in [3.63, 3.8) is 0 Å². The van der Waals surface area contributed by atoms with Crippen LogP contribution in [0.25, 0.3) is 0 Å². The molecule has 0 unspecified atom stereocenters.